The number of nitriles is 1. The zero-order valence-electron chi connectivity index (χ0n) is 11.3. The molecule has 0 aliphatic rings. The molecule has 0 fully saturated rings. The fraction of sp³-hybridized carbons (Fsp3) is 0.200. The Kier molecular flexibility index (Phi) is 5.82. The van der Waals surface area contributed by atoms with E-state index in [-0.39, 0.29) is 12.0 Å². The molecule has 0 aromatic heterocycles. The number of nitrogens with zero attached hydrogens (tertiary/aromatic N) is 2. The van der Waals surface area contributed by atoms with Gasteiger partial charge in [0.05, 0.1) is 12.5 Å². The number of hydrogen-bond donors (Lipinski definition) is 1. The van der Waals surface area contributed by atoms with Gasteiger partial charge in [0.2, 0.25) is 0 Å². The van der Waals surface area contributed by atoms with Crippen molar-refractivity contribution < 1.29 is 9.90 Å². The first-order valence-corrected chi connectivity index (χ1v) is 6.27. The Labute approximate surface area is 123 Å². The van der Waals surface area contributed by atoms with Crippen molar-refractivity contribution >= 4 is 23.1 Å². The second kappa shape index (κ2) is 7.37. The third-order valence-corrected chi connectivity index (χ3v) is 2.64. The van der Waals surface area contributed by atoms with E-state index in [1.807, 2.05) is 43.4 Å². The third kappa shape index (κ3) is 5.17. The quantitative estimate of drug-likeness (QED) is 0.668. The number of carboxylic acids is 1. The van der Waals surface area contributed by atoms with Gasteiger partial charge in [-0.2, -0.15) is 5.26 Å². The molecular weight excluding hydrogens is 276 g/mol. The minimum absolute atomic E-state index is 0.195. The Balaban J connectivity index is 3.20. The van der Waals surface area contributed by atoms with Gasteiger partial charge in [0.25, 0.3) is 0 Å². The van der Waals surface area contributed by atoms with E-state index in [0.29, 0.717) is 5.02 Å². The number of rotatable bonds is 5. The van der Waals surface area contributed by atoms with E-state index in [1.165, 1.54) is 0 Å². The van der Waals surface area contributed by atoms with Crippen LogP contribution in [0.1, 0.15) is 12.0 Å². The van der Waals surface area contributed by atoms with Crippen molar-refractivity contribution in [3.8, 4) is 6.07 Å². The molecule has 1 rings (SSSR count). The highest BCUT2D eigenvalue weighted by molar-refractivity contribution is 6.30. The number of halogens is 1. The maximum atomic E-state index is 10.7. The summed E-state index contributed by atoms with van der Waals surface area (Å²) in [5, 5.41) is 18.4. The fourth-order valence-electron chi connectivity index (χ4n) is 1.59. The lowest BCUT2D eigenvalue weighted by Gasteiger charge is -2.10. The average Bonchev–Trinajstić information content (AvgIpc) is 2.36. The molecule has 104 valence electrons. The monoisotopic (exact) mass is 290 g/mol. The first-order chi connectivity index (χ1) is 9.42. The Bertz CT molecular complexity index is 581. The van der Waals surface area contributed by atoms with Gasteiger partial charge in [-0.05, 0) is 29.3 Å². The zero-order valence-corrected chi connectivity index (χ0v) is 12.1. The van der Waals surface area contributed by atoms with Crippen molar-refractivity contribution in [2.75, 3.05) is 14.1 Å². The Morgan fingerprint density at radius 3 is 2.45 bits per heavy atom. The van der Waals surface area contributed by atoms with Crippen LogP contribution >= 0.6 is 11.6 Å². The first kappa shape index (κ1) is 15.8. The number of benzene rings is 1. The normalized spacial score (nSPS) is 11.9. The van der Waals surface area contributed by atoms with E-state index in [1.54, 1.807) is 18.2 Å². The molecule has 0 aliphatic heterocycles. The van der Waals surface area contributed by atoms with Gasteiger partial charge in [-0.3, -0.25) is 4.79 Å². The van der Waals surface area contributed by atoms with Crippen LogP contribution in [0.2, 0.25) is 5.02 Å². The van der Waals surface area contributed by atoms with Crippen LogP contribution in [-0.2, 0) is 4.79 Å². The standard InChI is InChI=1S/C15H15ClN2O2/c1-18(2)10-13(7-11(9-17)8-15(19)20)12-3-5-14(16)6-4-12/h3-7,10H,8H2,1-2H3,(H,19,20)/b11-7-,13-10+. The maximum absolute atomic E-state index is 10.7. The summed E-state index contributed by atoms with van der Waals surface area (Å²) in [5.41, 5.74) is 1.81. The number of allylic oxidation sites excluding steroid dienone is 2. The summed E-state index contributed by atoms with van der Waals surface area (Å²) in [6, 6.07) is 9.05. The molecule has 0 amide bonds. The number of aliphatic carboxylic acids is 1. The summed E-state index contributed by atoms with van der Waals surface area (Å²) in [7, 11) is 3.71. The SMILES string of the molecule is CN(C)/C=C(\C=C(/C#N)CC(=O)O)c1ccc(Cl)cc1. The van der Waals surface area contributed by atoms with Gasteiger partial charge in [-0.15, -0.1) is 0 Å². The summed E-state index contributed by atoms with van der Waals surface area (Å²) in [6.07, 6.45) is 3.11. The Hall–Kier alpha value is -2.25. The molecule has 0 atom stereocenters. The minimum atomic E-state index is -1.03. The molecule has 0 spiro atoms. The molecule has 1 aromatic carbocycles. The Morgan fingerprint density at radius 2 is 2.00 bits per heavy atom. The smallest absolute Gasteiger partial charge is 0.308 e. The molecule has 0 saturated heterocycles. The van der Waals surface area contributed by atoms with Crippen molar-refractivity contribution in [3.05, 3.63) is 52.7 Å². The van der Waals surface area contributed by atoms with Crippen molar-refractivity contribution in [2.24, 2.45) is 0 Å². The van der Waals surface area contributed by atoms with Crippen LogP contribution in [-0.4, -0.2) is 30.1 Å². The molecule has 0 unspecified atom stereocenters. The van der Waals surface area contributed by atoms with E-state index in [2.05, 4.69) is 0 Å². The molecule has 1 aromatic rings. The highest BCUT2D eigenvalue weighted by atomic mass is 35.5. The Morgan fingerprint density at radius 1 is 1.40 bits per heavy atom. The molecule has 20 heavy (non-hydrogen) atoms. The van der Waals surface area contributed by atoms with Crippen molar-refractivity contribution in [1.82, 2.24) is 4.90 Å². The summed E-state index contributed by atoms with van der Waals surface area (Å²) >= 11 is 5.85. The third-order valence-electron chi connectivity index (χ3n) is 2.39. The minimum Gasteiger partial charge on any atom is -0.481 e. The zero-order chi connectivity index (χ0) is 15.1. The van der Waals surface area contributed by atoms with Crippen molar-refractivity contribution in [2.45, 2.75) is 6.42 Å². The van der Waals surface area contributed by atoms with Gasteiger partial charge in [-0.1, -0.05) is 23.7 Å². The predicted molar refractivity (Wildman–Crippen MR) is 79.1 cm³/mol. The highest BCUT2D eigenvalue weighted by Crippen LogP contribution is 2.21. The molecule has 0 saturated carbocycles. The van der Waals surface area contributed by atoms with Gasteiger partial charge in [0, 0.05) is 30.9 Å². The van der Waals surface area contributed by atoms with E-state index < -0.39 is 5.97 Å². The lowest BCUT2D eigenvalue weighted by atomic mass is 10.0. The van der Waals surface area contributed by atoms with E-state index in [0.717, 1.165) is 11.1 Å². The van der Waals surface area contributed by atoms with Crippen LogP contribution in [0, 0.1) is 11.3 Å². The van der Waals surface area contributed by atoms with E-state index in [4.69, 9.17) is 22.0 Å². The van der Waals surface area contributed by atoms with Gasteiger partial charge in [0.1, 0.15) is 0 Å². The van der Waals surface area contributed by atoms with E-state index in [9.17, 15) is 4.79 Å². The van der Waals surface area contributed by atoms with Gasteiger partial charge in [0.15, 0.2) is 0 Å². The number of hydrogen-bond acceptors (Lipinski definition) is 3. The van der Waals surface area contributed by atoms with Gasteiger partial charge >= 0.3 is 5.97 Å². The van der Waals surface area contributed by atoms with Crippen LogP contribution in [0.15, 0.2) is 42.1 Å². The molecule has 1 N–H and O–H groups in total. The summed E-state index contributed by atoms with van der Waals surface area (Å²) in [4.78, 5) is 12.5. The summed E-state index contributed by atoms with van der Waals surface area (Å²) in [6.45, 7) is 0. The van der Waals surface area contributed by atoms with Crippen LogP contribution in [0.5, 0.6) is 0 Å². The van der Waals surface area contributed by atoms with Crippen LogP contribution < -0.4 is 0 Å². The van der Waals surface area contributed by atoms with Crippen molar-refractivity contribution in [3.63, 3.8) is 0 Å². The second-order valence-electron chi connectivity index (χ2n) is 4.41. The van der Waals surface area contributed by atoms with Crippen molar-refractivity contribution in [1.29, 1.82) is 5.26 Å². The average molecular weight is 291 g/mol. The molecule has 4 nitrogen and oxygen atoms in total. The van der Waals surface area contributed by atoms with Crippen LogP contribution in [0.25, 0.3) is 5.57 Å². The summed E-state index contributed by atoms with van der Waals surface area (Å²) < 4.78 is 0. The second-order valence-corrected chi connectivity index (χ2v) is 4.84. The summed E-state index contributed by atoms with van der Waals surface area (Å²) in [5.74, 6) is -1.03. The highest BCUT2D eigenvalue weighted by Gasteiger charge is 2.06. The van der Waals surface area contributed by atoms with Crippen LogP contribution in [0.3, 0.4) is 0 Å². The van der Waals surface area contributed by atoms with Gasteiger partial charge < -0.3 is 10.0 Å². The van der Waals surface area contributed by atoms with Crippen LogP contribution in [0.4, 0.5) is 0 Å². The lowest BCUT2D eigenvalue weighted by molar-refractivity contribution is -0.136. The number of carboxylic acid groups (broad SMARTS) is 1. The molecule has 0 aliphatic carbocycles. The van der Waals surface area contributed by atoms with Gasteiger partial charge in [-0.25, -0.2) is 0 Å². The molecule has 0 heterocycles. The predicted octanol–water partition coefficient (Wildman–Crippen LogP) is 3.17. The largest absolute Gasteiger partial charge is 0.481 e. The molecule has 5 heteroatoms. The maximum Gasteiger partial charge on any atom is 0.308 e. The molecular formula is C15H15ClN2O2. The fourth-order valence-corrected chi connectivity index (χ4v) is 1.72. The molecule has 0 bridgehead atoms. The molecule has 0 radical (unpaired) electrons. The van der Waals surface area contributed by atoms with E-state index >= 15 is 0 Å². The topological polar surface area (TPSA) is 64.3 Å². The first-order valence-electron chi connectivity index (χ1n) is 5.89. The number of carbonyl (C=O) groups is 1. The lowest BCUT2D eigenvalue weighted by Crippen LogP contribution is -2.03.